The maximum atomic E-state index is 11.9. The number of hydrogen-bond acceptors (Lipinski definition) is 3. The third-order valence-corrected chi connectivity index (χ3v) is 3.28. The Hall–Kier alpha value is -0.610. The van der Waals surface area contributed by atoms with Crippen LogP contribution in [0.3, 0.4) is 0 Å². The first kappa shape index (κ1) is 12.5. The summed E-state index contributed by atoms with van der Waals surface area (Å²) in [7, 11) is 0. The van der Waals surface area contributed by atoms with Crippen molar-refractivity contribution in [1.82, 2.24) is 5.32 Å². The van der Waals surface area contributed by atoms with Crippen LogP contribution in [-0.4, -0.2) is 35.4 Å². The molecule has 1 saturated heterocycles. The first-order valence-corrected chi connectivity index (χ1v) is 5.74. The van der Waals surface area contributed by atoms with Gasteiger partial charge in [0.1, 0.15) is 0 Å². The number of carbonyl (C=O) groups is 1. The third kappa shape index (κ3) is 2.49. The van der Waals surface area contributed by atoms with Crippen molar-refractivity contribution in [3.05, 3.63) is 0 Å². The van der Waals surface area contributed by atoms with Gasteiger partial charge in [-0.25, -0.2) is 0 Å². The van der Waals surface area contributed by atoms with E-state index in [9.17, 15) is 9.90 Å². The van der Waals surface area contributed by atoms with Crippen molar-refractivity contribution in [2.45, 2.75) is 45.1 Å². The Labute approximate surface area is 90.7 Å². The summed E-state index contributed by atoms with van der Waals surface area (Å²) in [5.74, 6) is -0.0941. The average Bonchev–Trinajstić information content (AvgIpc) is 2.33. The van der Waals surface area contributed by atoms with Gasteiger partial charge in [0, 0.05) is 13.2 Å². The summed E-state index contributed by atoms with van der Waals surface area (Å²) in [6.07, 6.45) is 2.66. The van der Waals surface area contributed by atoms with E-state index in [0.717, 1.165) is 12.8 Å². The predicted molar refractivity (Wildman–Crippen MR) is 57.3 cm³/mol. The molecule has 3 N–H and O–H groups in total. The van der Waals surface area contributed by atoms with E-state index in [1.807, 2.05) is 6.92 Å². The van der Waals surface area contributed by atoms with Gasteiger partial charge >= 0.3 is 0 Å². The normalized spacial score (nSPS) is 32.2. The van der Waals surface area contributed by atoms with Crippen LogP contribution in [0.4, 0.5) is 0 Å². The second kappa shape index (κ2) is 5.47. The number of carbonyl (C=O) groups excluding carboxylic acids is 1. The highest BCUT2D eigenvalue weighted by molar-refractivity contribution is 5.83. The van der Waals surface area contributed by atoms with Gasteiger partial charge in [0.2, 0.25) is 5.91 Å². The Morgan fingerprint density at radius 2 is 2.27 bits per heavy atom. The highest BCUT2D eigenvalue weighted by atomic mass is 16.3. The third-order valence-electron chi connectivity index (χ3n) is 3.28. The predicted octanol–water partition coefficient (Wildman–Crippen LogP) is 0.426. The lowest BCUT2D eigenvalue weighted by Gasteiger charge is -2.34. The lowest BCUT2D eigenvalue weighted by atomic mass is 9.74. The first-order chi connectivity index (χ1) is 7.17. The lowest BCUT2D eigenvalue weighted by molar-refractivity contribution is -0.139. The average molecular weight is 215 g/mol. The number of nitrogens with one attached hydrogen (secondary N) is 1. The van der Waals surface area contributed by atoms with E-state index in [-0.39, 0.29) is 12.5 Å². The smallest absolute Gasteiger partial charge is 0.228 e. The van der Waals surface area contributed by atoms with Crippen LogP contribution in [0.5, 0.6) is 0 Å². The molecule has 0 aromatic heterocycles. The molecule has 1 amide bonds. The topological polar surface area (TPSA) is 69.6 Å². The molecule has 0 spiro atoms. The molecule has 4 heteroatoms. The van der Waals surface area contributed by atoms with Crippen molar-refractivity contribution in [1.29, 1.82) is 0 Å². The van der Waals surface area contributed by atoms with Crippen molar-refractivity contribution >= 4 is 5.91 Å². The van der Waals surface area contributed by atoms with E-state index in [0.29, 0.717) is 25.8 Å². The monoisotopic (exact) mass is 215 g/mol. The van der Waals surface area contributed by atoms with Crippen LogP contribution in [-0.2, 0) is 4.79 Å². The van der Waals surface area contributed by atoms with E-state index >= 15 is 0 Å². The molecule has 0 bridgehead atoms. The standard InChI is InChI=1S/C11H21NO3/c1-2-5-11(6-8-13)9(14)4-3-7-12-10(11)15/h9,13-14H,2-8H2,1H3,(H,12,15). The molecule has 15 heavy (non-hydrogen) atoms. The molecule has 1 aliphatic heterocycles. The van der Waals surface area contributed by atoms with Crippen molar-refractivity contribution in [3.8, 4) is 0 Å². The van der Waals surface area contributed by atoms with Crippen LogP contribution in [0.15, 0.2) is 0 Å². The molecular weight excluding hydrogens is 194 g/mol. The summed E-state index contributed by atoms with van der Waals surface area (Å²) in [6.45, 7) is 2.57. The molecule has 2 atom stereocenters. The van der Waals surface area contributed by atoms with Gasteiger partial charge in [-0.1, -0.05) is 13.3 Å². The molecule has 2 unspecified atom stereocenters. The molecule has 0 aromatic rings. The molecule has 0 saturated carbocycles. The molecule has 1 rings (SSSR count). The van der Waals surface area contributed by atoms with Crippen LogP contribution in [0.2, 0.25) is 0 Å². The molecule has 0 aromatic carbocycles. The molecular formula is C11H21NO3. The zero-order valence-electron chi connectivity index (χ0n) is 9.33. The van der Waals surface area contributed by atoms with Gasteiger partial charge in [0.15, 0.2) is 0 Å². The Balaban J connectivity index is 2.89. The molecule has 1 aliphatic rings. The summed E-state index contributed by atoms with van der Waals surface area (Å²) >= 11 is 0. The van der Waals surface area contributed by atoms with Crippen LogP contribution in [0.25, 0.3) is 0 Å². The summed E-state index contributed by atoms with van der Waals surface area (Å²) < 4.78 is 0. The van der Waals surface area contributed by atoms with Gasteiger partial charge in [-0.15, -0.1) is 0 Å². The summed E-state index contributed by atoms with van der Waals surface area (Å²) in [5.41, 5.74) is -0.764. The second-order valence-electron chi connectivity index (χ2n) is 4.29. The Morgan fingerprint density at radius 1 is 1.53 bits per heavy atom. The minimum absolute atomic E-state index is 0.0511. The molecule has 1 heterocycles. The van der Waals surface area contributed by atoms with Gasteiger partial charge in [0.25, 0.3) is 0 Å². The van der Waals surface area contributed by atoms with Gasteiger partial charge in [-0.2, -0.15) is 0 Å². The summed E-state index contributed by atoms with van der Waals surface area (Å²) in [5, 5.41) is 21.9. The van der Waals surface area contributed by atoms with Crippen molar-refractivity contribution in [2.24, 2.45) is 5.41 Å². The van der Waals surface area contributed by atoms with Gasteiger partial charge in [-0.3, -0.25) is 4.79 Å². The van der Waals surface area contributed by atoms with Crippen molar-refractivity contribution in [2.75, 3.05) is 13.2 Å². The number of amides is 1. The SMILES string of the molecule is CCCC1(CCO)C(=O)NCCCC1O. The van der Waals surface area contributed by atoms with Crippen LogP contribution in [0.1, 0.15) is 39.0 Å². The number of aliphatic hydroxyl groups excluding tert-OH is 2. The number of rotatable bonds is 4. The van der Waals surface area contributed by atoms with Crippen LogP contribution in [0, 0.1) is 5.41 Å². The fraction of sp³-hybridized carbons (Fsp3) is 0.909. The highest BCUT2D eigenvalue weighted by Crippen LogP contribution is 2.36. The van der Waals surface area contributed by atoms with Gasteiger partial charge < -0.3 is 15.5 Å². The van der Waals surface area contributed by atoms with Gasteiger partial charge in [0.05, 0.1) is 11.5 Å². The zero-order valence-corrected chi connectivity index (χ0v) is 9.33. The first-order valence-electron chi connectivity index (χ1n) is 5.74. The number of aliphatic hydroxyl groups is 2. The zero-order chi connectivity index (χ0) is 11.3. The van der Waals surface area contributed by atoms with Crippen molar-refractivity contribution < 1.29 is 15.0 Å². The van der Waals surface area contributed by atoms with E-state index in [1.54, 1.807) is 0 Å². The number of hydrogen-bond donors (Lipinski definition) is 3. The highest BCUT2D eigenvalue weighted by Gasteiger charge is 2.44. The van der Waals surface area contributed by atoms with E-state index < -0.39 is 11.5 Å². The van der Waals surface area contributed by atoms with E-state index in [2.05, 4.69) is 5.32 Å². The lowest BCUT2D eigenvalue weighted by Crippen LogP contribution is -2.47. The molecule has 4 nitrogen and oxygen atoms in total. The molecule has 1 fully saturated rings. The maximum absolute atomic E-state index is 11.9. The Morgan fingerprint density at radius 3 is 2.87 bits per heavy atom. The molecule has 0 radical (unpaired) electrons. The van der Waals surface area contributed by atoms with E-state index in [4.69, 9.17) is 5.11 Å². The Bertz CT molecular complexity index is 212. The minimum atomic E-state index is -0.764. The maximum Gasteiger partial charge on any atom is 0.228 e. The van der Waals surface area contributed by atoms with E-state index in [1.165, 1.54) is 0 Å². The molecule has 88 valence electrons. The fourth-order valence-corrected chi connectivity index (χ4v) is 2.43. The van der Waals surface area contributed by atoms with Crippen molar-refractivity contribution in [3.63, 3.8) is 0 Å². The second-order valence-corrected chi connectivity index (χ2v) is 4.29. The summed E-state index contributed by atoms with van der Waals surface area (Å²) in [4.78, 5) is 11.9. The largest absolute Gasteiger partial charge is 0.396 e. The van der Waals surface area contributed by atoms with Crippen LogP contribution < -0.4 is 5.32 Å². The summed E-state index contributed by atoms with van der Waals surface area (Å²) in [6, 6.07) is 0. The Kier molecular flexibility index (Phi) is 4.54. The quantitative estimate of drug-likeness (QED) is 0.637. The van der Waals surface area contributed by atoms with Crippen LogP contribution >= 0.6 is 0 Å². The molecule has 0 aliphatic carbocycles. The fourth-order valence-electron chi connectivity index (χ4n) is 2.43. The minimum Gasteiger partial charge on any atom is -0.396 e. The van der Waals surface area contributed by atoms with Gasteiger partial charge in [-0.05, 0) is 25.7 Å².